The second-order valence-electron chi connectivity index (χ2n) is 9.43. The summed E-state index contributed by atoms with van der Waals surface area (Å²) in [7, 11) is 6.40. The highest BCUT2D eigenvalue weighted by Crippen LogP contribution is 2.28. The van der Waals surface area contributed by atoms with E-state index in [1.54, 1.807) is 0 Å². The number of aliphatic hydroxyl groups excluding tert-OH is 1. The predicted molar refractivity (Wildman–Crippen MR) is 141 cm³/mol. The average Bonchev–Trinajstić information content (AvgIpc) is 3.14. The summed E-state index contributed by atoms with van der Waals surface area (Å²) in [5, 5.41) is 23.7. The second kappa shape index (κ2) is 9.60. The van der Waals surface area contributed by atoms with Crippen molar-refractivity contribution >= 4 is 34.0 Å². The zero-order valence-corrected chi connectivity index (χ0v) is 20.5. The van der Waals surface area contributed by atoms with Crippen LogP contribution in [0.5, 0.6) is 0 Å². The topological polar surface area (TPSA) is 87.1 Å². The van der Waals surface area contributed by atoms with E-state index in [1.807, 2.05) is 48.5 Å². The molecule has 1 atom stereocenters. The summed E-state index contributed by atoms with van der Waals surface area (Å²) < 4.78 is 2.83. The summed E-state index contributed by atoms with van der Waals surface area (Å²) in [6.45, 7) is 1.05. The van der Waals surface area contributed by atoms with E-state index in [0.717, 1.165) is 32.2 Å². The van der Waals surface area contributed by atoms with Crippen LogP contribution in [0.1, 0.15) is 28.6 Å². The smallest absolute Gasteiger partial charge is 0.146 e. The first kappa shape index (κ1) is 24.0. The molecule has 3 aromatic carbocycles. The molecule has 1 heterocycles. The standard InChI is InChI=1S/C27H31ClN5O/c1-33(2,3)23-10-7-18(8-11-23)16-31-27(34)25-15-21-14-22(28)9-12-24(21)32(25)17-19-5-4-6-20(13-19)26(29)30/h4-15,27,31,34H,16-17H2,1-3H3,(H3,29,30)/q+1. The number of hydrogen-bond donors (Lipinski definition) is 4. The molecule has 0 bridgehead atoms. The molecule has 0 radical (unpaired) electrons. The van der Waals surface area contributed by atoms with Gasteiger partial charge in [0.05, 0.1) is 26.8 Å². The number of aromatic nitrogens is 1. The number of hydrogen-bond acceptors (Lipinski definition) is 3. The summed E-state index contributed by atoms with van der Waals surface area (Å²) in [6, 6.07) is 23.7. The average molecular weight is 477 g/mol. The van der Waals surface area contributed by atoms with Crippen molar-refractivity contribution in [1.82, 2.24) is 14.4 Å². The third kappa shape index (κ3) is 5.32. The Morgan fingerprint density at radius 1 is 1.03 bits per heavy atom. The van der Waals surface area contributed by atoms with E-state index in [-0.39, 0.29) is 5.84 Å². The largest absolute Gasteiger partial charge is 0.384 e. The summed E-state index contributed by atoms with van der Waals surface area (Å²) in [5.74, 6) is 0.0317. The number of nitrogens with one attached hydrogen (secondary N) is 2. The van der Waals surface area contributed by atoms with Gasteiger partial charge in [-0.25, -0.2) is 0 Å². The number of amidine groups is 1. The van der Waals surface area contributed by atoms with E-state index in [2.05, 4.69) is 55.3 Å². The van der Waals surface area contributed by atoms with Gasteiger partial charge in [-0.15, -0.1) is 0 Å². The SMILES string of the molecule is C[N+](C)(C)c1ccc(CNC(O)c2cc3cc(Cl)ccc3n2Cc2cccc(C(=N)N)c2)cc1. The van der Waals surface area contributed by atoms with E-state index in [9.17, 15) is 5.11 Å². The quantitative estimate of drug-likeness (QED) is 0.130. The molecule has 0 saturated carbocycles. The number of nitrogen functional groups attached to an aromatic ring is 1. The highest BCUT2D eigenvalue weighted by atomic mass is 35.5. The minimum Gasteiger partial charge on any atom is -0.384 e. The lowest BCUT2D eigenvalue weighted by Crippen LogP contribution is -2.34. The van der Waals surface area contributed by atoms with Crippen LogP contribution in [0.25, 0.3) is 10.9 Å². The maximum Gasteiger partial charge on any atom is 0.146 e. The fraction of sp³-hybridized carbons (Fsp3) is 0.222. The molecule has 176 valence electrons. The van der Waals surface area contributed by atoms with Crippen molar-refractivity contribution in [3.63, 3.8) is 0 Å². The molecular formula is C27H31ClN5O+. The van der Waals surface area contributed by atoms with E-state index < -0.39 is 6.23 Å². The number of nitrogens with zero attached hydrogens (tertiary/aromatic N) is 2. The summed E-state index contributed by atoms with van der Waals surface area (Å²) >= 11 is 6.24. The van der Waals surface area contributed by atoms with Gasteiger partial charge in [-0.1, -0.05) is 41.9 Å². The molecule has 1 unspecified atom stereocenters. The van der Waals surface area contributed by atoms with Crippen LogP contribution >= 0.6 is 11.6 Å². The number of fused-ring (bicyclic) bond motifs is 1. The van der Waals surface area contributed by atoms with E-state index in [1.165, 1.54) is 5.69 Å². The first-order chi connectivity index (χ1) is 16.1. The Balaban J connectivity index is 1.61. The van der Waals surface area contributed by atoms with Gasteiger partial charge in [-0.05, 0) is 53.6 Å². The van der Waals surface area contributed by atoms with Crippen LogP contribution in [-0.2, 0) is 13.1 Å². The van der Waals surface area contributed by atoms with Crippen LogP contribution in [0.2, 0.25) is 5.02 Å². The summed E-state index contributed by atoms with van der Waals surface area (Å²) in [6.07, 6.45) is -0.875. The zero-order valence-electron chi connectivity index (χ0n) is 19.7. The lowest BCUT2D eigenvalue weighted by Gasteiger charge is -2.23. The molecule has 0 amide bonds. The number of rotatable bonds is 8. The first-order valence-electron chi connectivity index (χ1n) is 11.2. The van der Waals surface area contributed by atoms with Gasteiger partial charge in [0.2, 0.25) is 0 Å². The van der Waals surface area contributed by atoms with Gasteiger partial charge in [0.25, 0.3) is 0 Å². The first-order valence-corrected chi connectivity index (χ1v) is 11.5. The summed E-state index contributed by atoms with van der Waals surface area (Å²) in [4.78, 5) is 0. The maximum atomic E-state index is 11.1. The number of benzene rings is 3. The monoisotopic (exact) mass is 476 g/mol. The van der Waals surface area contributed by atoms with Crippen molar-refractivity contribution in [3.8, 4) is 0 Å². The van der Waals surface area contributed by atoms with Gasteiger partial charge in [-0.3, -0.25) is 15.2 Å². The van der Waals surface area contributed by atoms with Crippen LogP contribution in [0.15, 0.2) is 72.8 Å². The lowest BCUT2D eigenvalue weighted by molar-refractivity contribution is 0.129. The van der Waals surface area contributed by atoms with Gasteiger partial charge in [0.15, 0.2) is 0 Å². The molecule has 5 N–H and O–H groups in total. The maximum absolute atomic E-state index is 11.1. The highest BCUT2D eigenvalue weighted by Gasteiger charge is 2.17. The molecule has 0 aliphatic rings. The van der Waals surface area contributed by atoms with Crippen molar-refractivity contribution in [2.75, 3.05) is 21.1 Å². The molecule has 4 aromatic rings. The Kier molecular flexibility index (Phi) is 6.77. The van der Waals surface area contributed by atoms with Crippen LogP contribution in [0, 0.1) is 5.41 Å². The van der Waals surface area contributed by atoms with Crippen LogP contribution < -0.4 is 15.5 Å². The van der Waals surface area contributed by atoms with Crippen molar-refractivity contribution in [1.29, 1.82) is 5.41 Å². The number of nitrogens with two attached hydrogens (primary N) is 1. The number of aliphatic hydroxyl groups is 1. The third-order valence-electron chi connectivity index (χ3n) is 5.96. The Labute approximate surface area is 205 Å². The predicted octanol–water partition coefficient (Wildman–Crippen LogP) is 4.60. The van der Waals surface area contributed by atoms with Gasteiger partial charge in [-0.2, -0.15) is 0 Å². The Morgan fingerprint density at radius 2 is 1.76 bits per heavy atom. The highest BCUT2D eigenvalue weighted by molar-refractivity contribution is 6.31. The van der Waals surface area contributed by atoms with Crippen molar-refractivity contribution in [3.05, 3.63) is 100 Å². The van der Waals surface area contributed by atoms with Crippen LogP contribution in [0.3, 0.4) is 0 Å². The number of quaternary nitrogens is 1. The van der Waals surface area contributed by atoms with Gasteiger partial charge in [0, 0.05) is 34.6 Å². The zero-order chi connectivity index (χ0) is 24.5. The van der Waals surface area contributed by atoms with Gasteiger partial charge in [0.1, 0.15) is 17.8 Å². The van der Waals surface area contributed by atoms with Gasteiger partial charge >= 0.3 is 0 Å². The molecule has 1 aromatic heterocycles. The Hall–Kier alpha value is -3.16. The van der Waals surface area contributed by atoms with E-state index in [4.69, 9.17) is 22.7 Å². The van der Waals surface area contributed by atoms with Crippen molar-refractivity contribution in [2.45, 2.75) is 19.3 Å². The molecule has 6 nitrogen and oxygen atoms in total. The molecule has 0 aliphatic heterocycles. The molecule has 34 heavy (non-hydrogen) atoms. The minimum absolute atomic E-state index is 0.0317. The molecular weight excluding hydrogens is 446 g/mol. The van der Waals surface area contributed by atoms with Crippen molar-refractivity contribution in [2.24, 2.45) is 5.73 Å². The Morgan fingerprint density at radius 3 is 2.44 bits per heavy atom. The number of halogens is 1. The van der Waals surface area contributed by atoms with Crippen LogP contribution in [0.4, 0.5) is 5.69 Å². The normalized spacial score (nSPS) is 12.7. The van der Waals surface area contributed by atoms with E-state index in [0.29, 0.717) is 23.7 Å². The molecule has 0 saturated heterocycles. The third-order valence-corrected chi connectivity index (χ3v) is 6.20. The fourth-order valence-electron chi connectivity index (χ4n) is 4.07. The lowest BCUT2D eigenvalue weighted by atomic mass is 10.1. The Bertz CT molecular complexity index is 1320. The molecule has 7 heteroatoms. The summed E-state index contributed by atoms with van der Waals surface area (Å²) in [5.41, 5.74) is 11.4. The second-order valence-corrected chi connectivity index (χ2v) is 9.87. The molecule has 0 aliphatic carbocycles. The van der Waals surface area contributed by atoms with Crippen LogP contribution in [-0.4, -0.2) is 36.7 Å². The van der Waals surface area contributed by atoms with Gasteiger partial charge < -0.3 is 15.4 Å². The van der Waals surface area contributed by atoms with E-state index >= 15 is 0 Å². The van der Waals surface area contributed by atoms with Crippen molar-refractivity contribution < 1.29 is 5.11 Å². The fourth-order valence-corrected chi connectivity index (χ4v) is 4.25. The minimum atomic E-state index is -0.875. The molecule has 4 rings (SSSR count). The molecule has 0 spiro atoms. The molecule has 0 fully saturated rings.